The summed E-state index contributed by atoms with van der Waals surface area (Å²) < 4.78 is 35.4. The number of sulfone groups is 1. The predicted octanol–water partition coefficient (Wildman–Crippen LogP) is 1.93. The SMILES string of the molecule is CCC(C(=O)Nc1nccs1)S(=O)(=O)CC(=O)Nc1ccc(OC)c(OC)c1. The second-order valence-electron chi connectivity index (χ2n) is 5.65. The maximum Gasteiger partial charge on any atom is 0.244 e. The van der Waals surface area contributed by atoms with E-state index in [0.29, 0.717) is 22.3 Å². The van der Waals surface area contributed by atoms with E-state index in [4.69, 9.17) is 9.47 Å². The Morgan fingerprint density at radius 3 is 2.46 bits per heavy atom. The summed E-state index contributed by atoms with van der Waals surface area (Å²) in [7, 11) is -1.10. The zero-order chi connectivity index (χ0) is 20.7. The molecule has 2 rings (SSSR count). The molecular weight excluding hydrogens is 406 g/mol. The summed E-state index contributed by atoms with van der Waals surface area (Å²) in [4.78, 5) is 28.4. The van der Waals surface area contributed by atoms with Crippen LogP contribution in [0.3, 0.4) is 0 Å². The van der Waals surface area contributed by atoms with Crippen molar-refractivity contribution in [1.29, 1.82) is 0 Å². The summed E-state index contributed by atoms with van der Waals surface area (Å²) >= 11 is 1.17. The molecule has 0 radical (unpaired) electrons. The van der Waals surface area contributed by atoms with Crippen molar-refractivity contribution in [3.8, 4) is 11.5 Å². The van der Waals surface area contributed by atoms with E-state index in [-0.39, 0.29) is 6.42 Å². The standard InChI is InChI=1S/C17H21N3O6S2/c1-4-14(16(22)20-17-18-7-8-27-17)28(23,24)10-15(21)19-11-5-6-12(25-2)13(9-11)26-3/h5-9,14H,4,10H2,1-3H3,(H,19,21)(H,18,20,22). The van der Waals surface area contributed by atoms with Gasteiger partial charge in [-0.05, 0) is 18.6 Å². The number of aromatic nitrogens is 1. The van der Waals surface area contributed by atoms with Gasteiger partial charge in [0.25, 0.3) is 0 Å². The Hall–Kier alpha value is -2.66. The van der Waals surface area contributed by atoms with Gasteiger partial charge >= 0.3 is 0 Å². The number of ether oxygens (including phenoxy) is 2. The number of amides is 2. The van der Waals surface area contributed by atoms with Crippen LogP contribution in [0.1, 0.15) is 13.3 Å². The first-order valence-corrected chi connectivity index (χ1v) is 10.8. The van der Waals surface area contributed by atoms with Gasteiger partial charge in [-0.1, -0.05) is 6.92 Å². The Morgan fingerprint density at radius 1 is 1.18 bits per heavy atom. The number of carbonyl (C=O) groups excluding carboxylic acids is 2. The minimum atomic E-state index is -4.03. The lowest BCUT2D eigenvalue weighted by Crippen LogP contribution is -2.39. The molecule has 28 heavy (non-hydrogen) atoms. The Kier molecular flexibility index (Phi) is 7.35. The molecule has 2 N–H and O–H groups in total. The molecule has 1 atom stereocenters. The van der Waals surface area contributed by atoms with Gasteiger partial charge in [0, 0.05) is 23.3 Å². The molecule has 0 aliphatic carbocycles. The minimum absolute atomic E-state index is 0.0309. The van der Waals surface area contributed by atoms with E-state index in [9.17, 15) is 18.0 Å². The molecule has 2 amide bonds. The number of benzene rings is 1. The third kappa shape index (κ3) is 5.42. The first-order chi connectivity index (χ1) is 13.3. The predicted molar refractivity (Wildman–Crippen MR) is 107 cm³/mol. The molecule has 9 nitrogen and oxygen atoms in total. The summed E-state index contributed by atoms with van der Waals surface area (Å²) in [5.74, 6) is -1.44. The van der Waals surface area contributed by atoms with E-state index in [0.717, 1.165) is 0 Å². The van der Waals surface area contributed by atoms with Gasteiger partial charge in [0.2, 0.25) is 11.8 Å². The first-order valence-electron chi connectivity index (χ1n) is 8.24. The molecule has 152 valence electrons. The van der Waals surface area contributed by atoms with Crippen molar-refractivity contribution >= 4 is 43.8 Å². The number of hydrogen-bond donors (Lipinski definition) is 2. The van der Waals surface area contributed by atoms with Crippen molar-refractivity contribution in [3.05, 3.63) is 29.8 Å². The Morgan fingerprint density at radius 2 is 1.89 bits per heavy atom. The molecule has 0 bridgehead atoms. The first kappa shape index (κ1) is 21.6. The van der Waals surface area contributed by atoms with E-state index < -0.39 is 32.7 Å². The zero-order valence-corrected chi connectivity index (χ0v) is 17.2. The fraction of sp³-hybridized carbons (Fsp3) is 0.353. The van der Waals surface area contributed by atoms with Crippen LogP contribution in [0.15, 0.2) is 29.8 Å². The highest BCUT2D eigenvalue weighted by atomic mass is 32.2. The topological polar surface area (TPSA) is 124 Å². The quantitative estimate of drug-likeness (QED) is 0.627. The van der Waals surface area contributed by atoms with Gasteiger partial charge in [0.15, 0.2) is 26.5 Å². The van der Waals surface area contributed by atoms with Gasteiger partial charge < -0.3 is 20.1 Å². The highest BCUT2D eigenvalue weighted by molar-refractivity contribution is 7.93. The average molecular weight is 428 g/mol. The number of rotatable bonds is 9. The Balaban J connectivity index is 2.07. The molecule has 2 aromatic rings. The molecule has 0 saturated carbocycles. The van der Waals surface area contributed by atoms with E-state index in [1.165, 1.54) is 37.8 Å². The molecule has 0 aliphatic heterocycles. The third-order valence-electron chi connectivity index (χ3n) is 3.76. The van der Waals surface area contributed by atoms with Crippen LogP contribution in [0.5, 0.6) is 11.5 Å². The highest BCUT2D eigenvalue weighted by Gasteiger charge is 2.33. The lowest BCUT2D eigenvalue weighted by Gasteiger charge is -2.15. The van der Waals surface area contributed by atoms with Gasteiger partial charge in [0.1, 0.15) is 11.0 Å². The lowest BCUT2D eigenvalue weighted by atomic mass is 10.2. The van der Waals surface area contributed by atoms with Crippen molar-refractivity contribution in [2.45, 2.75) is 18.6 Å². The van der Waals surface area contributed by atoms with Gasteiger partial charge in [0.05, 0.1) is 14.2 Å². The van der Waals surface area contributed by atoms with E-state index in [1.807, 2.05) is 0 Å². The summed E-state index contributed by atoms with van der Waals surface area (Å²) in [5, 5.41) is 5.55. The smallest absolute Gasteiger partial charge is 0.244 e. The van der Waals surface area contributed by atoms with Gasteiger partial charge in [-0.15, -0.1) is 11.3 Å². The van der Waals surface area contributed by atoms with Gasteiger partial charge in [-0.25, -0.2) is 13.4 Å². The summed E-state index contributed by atoms with van der Waals surface area (Å²) in [5.41, 5.74) is 0.345. The van der Waals surface area contributed by atoms with Crippen molar-refractivity contribution in [2.75, 3.05) is 30.6 Å². The number of carbonyl (C=O) groups is 2. The van der Waals surface area contributed by atoms with E-state index >= 15 is 0 Å². The zero-order valence-electron chi connectivity index (χ0n) is 15.6. The van der Waals surface area contributed by atoms with Crippen LogP contribution >= 0.6 is 11.3 Å². The second kappa shape index (κ2) is 9.51. The molecule has 1 unspecified atom stereocenters. The van der Waals surface area contributed by atoms with Crippen molar-refractivity contribution in [3.63, 3.8) is 0 Å². The number of thiazole rings is 1. The third-order valence-corrected chi connectivity index (χ3v) is 6.53. The van der Waals surface area contributed by atoms with Crippen LogP contribution in [0.4, 0.5) is 10.8 Å². The molecular formula is C17H21N3O6S2. The Labute approximate surface area is 167 Å². The van der Waals surface area contributed by atoms with Crippen LogP contribution in [0.25, 0.3) is 0 Å². The fourth-order valence-electron chi connectivity index (χ4n) is 2.47. The molecule has 1 aromatic heterocycles. The highest BCUT2D eigenvalue weighted by Crippen LogP contribution is 2.29. The van der Waals surface area contributed by atoms with Crippen molar-refractivity contribution in [1.82, 2.24) is 4.98 Å². The average Bonchev–Trinajstić information content (AvgIpc) is 3.14. The second-order valence-corrected chi connectivity index (χ2v) is 8.73. The van der Waals surface area contributed by atoms with Crippen LogP contribution < -0.4 is 20.1 Å². The van der Waals surface area contributed by atoms with Crippen LogP contribution in [0.2, 0.25) is 0 Å². The molecule has 1 heterocycles. The van der Waals surface area contributed by atoms with Crippen LogP contribution in [-0.2, 0) is 19.4 Å². The molecule has 0 spiro atoms. The van der Waals surface area contributed by atoms with Crippen LogP contribution in [-0.4, -0.2) is 50.4 Å². The monoisotopic (exact) mass is 427 g/mol. The number of anilines is 2. The van der Waals surface area contributed by atoms with Gasteiger partial charge in [-0.3, -0.25) is 9.59 Å². The summed E-state index contributed by atoms with van der Waals surface area (Å²) in [6.45, 7) is 1.57. The molecule has 0 fully saturated rings. The number of hydrogen-bond acceptors (Lipinski definition) is 8. The summed E-state index contributed by atoms with van der Waals surface area (Å²) in [6.07, 6.45) is 1.52. The number of methoxy groups -OCH3 is 2. The van der Waals surface area contributed by atoms with E-state index in [2.05, 4.69) is 15.6 Å². The molecule has 1 aromatic carbocycles. The Bertz CT molecular complexity index is 928. The number of nitrogens with one attached hydrogen (secondary N) is 2. The fourth-order valence-corrected chi connectivity index (χ4v) is 4.53. The maximum atomic E-state index is 12.6. The van der Waals surface area contributed by atoms with Crippen molar-refractivity contribution < 1.29 is 27.5 Å². The molecule has 11 heteroatoms. The number of nitrogens with zero attached hydrogens (tertiary/aromatic N) is 1. The summed E-state index contributed by atoms with van der Waals surface area (Å²) in [6, 6.07) is 4.65. The largest absolute Gasteiger partial charge is 0.493 e. The molecule has 0 aliphatic rings. The van der Waals surface area contributed by atoms with E-state index in [1.54, 1.807) is 24.4 Å². The maximum absolute atomic E-state index is 12.6. The minimum Gasteiger partial charge on any atom is -0.493 e. The van der Waals surface area contributed by atoms with Gasteiger partial charge in [-0.2, -0.15) is 0 Å². The van der Waals surface area contributed by atoms with Crippen LogP contribution in [0, 0.1) is 0 Å². The molecule has 0 saturated heterocycles. The van der Waals surface area contributed by atoms with Crippen molar-refractivity contribution in [2.24, 2.45) is 0 Å². The lowest BCUT2D eigenvalue weighted by molar-refractivity contribution is -0.115. The normalized spacial score (nSPS) is 12.1.